The fraction of sp³-hybridized carbons (Fsp3) is 1.00. The third kappa shape index (κ3) is 7.48. The van der Waals surface area contributed by atoms with E-state index < -0.39 is 8.80 Å². The lowest BCUT2D eigenvalue weighted by molar-refractivity contribution is 0.0694. The zero-order valence-corrected chi connectivity index (χ0v) is 13.5. The summed E-state index contributed by atoms with van der Waals surface area (Å²) in [7, 11) is -2.54. The molecule has 0 amide bonds. The Balaban J connectivity index is 4.34. The summed E-state index contributed by atoms with van der Waals surface area (Å²) in [6.07, 6.45) is 4.65. The van der Waals surface area contributed by atoms with E-state index in [1.54, 1.807) is 0 Å². The quantitative estimate of drug-likeness (QED) is 0.440. The second-order valence-electron chi connectivity index (χ2n) is 4.44. The first-order valence-corrected chi connectivity index (χ1v) is 9.24. The van der Waals surface area contributed by atoms with E-state index in [4.69, 9.17) is 19.0 Å². The summed E-state index contributed by atoms with van der Waals surface area (Å²) in [5.41, 5.74) is 6.19. The second kappa shape index (κ2) is 10.9. The summed E-state index contributed by atoms with van der Waals surface area (Å²) in [6.45, 7) is 9.98. The topological polar surface area (TPSA) is 53.7 Å². The average molecular weight is 277 g/mol. The SMILES string of the molecule is CCCCCC(N)C[Si](OCC)(OCC)OCC. The third-order valence-corrected chi connectivity index (χ3v) is 5.99. The van der Waals surface area contributed by atoms with Gasteiger partial charge in [0.2, 0.25) is 0 Å². The Bertz CT molecular complexity index is 176. The molecular weight excluding hydrogens is 246 g/mol. The van der Waals surface area contributed by atoms with E-state index in [1.807, 2.05) is 20.8 Å². The zero-order valence-electron chi connectivity index (χ0n) is 12.5. The molecule has 0 radical (unpaired) electrons. The van der Waals surface area contributed by atoms with Crippen LogP contribution < -0.4 is 5.73 Å². The maximum absolute atomic E-state index is 6.19. The van der Waals surface area contributed by atoms with Gasteiger partial charge in [-0.1, -0.05) is 26.2 Å². The van der Waals surface area contributed by atoms with Crippen LogP contribution in [0.1, 0.15) is 53.4 Å². The summed E-state index contributed by atoms with van der Waals surface area (Å²) in [5.74, 6) is 0. The lowest BCUT2D eigenvalue weighted by atomic mass is 10.1. The molecule has 4 nitrogen and oxygen atoms in total. The number of hydrogen-bond donors (Lipinski definition) is 1. The summed E-state index contributed by atoms with van der Waals surface area (Å²) in [6, 6.07) is 0.847. The van der Waals surface area contributed by atoms with Gasteiger partial charge in [0.05, 0.1) is 0 Å². The Morgan fingerprint density at radius 3 is 1.78 bits per heavy atom. The Labute approximate surface area is 114 Å². The largest absolute Gasteiger partial charge is 0.502 e. The van der Waals surface area contributed by atoms with Crippen LogP contribution in [-0.4, -0.2) is 34.7 Å². The first kappa shape index (κ1) is 18.1. The molecule has 0 saturated carbocycles. The highest BCUT2D eigenvalue weighted by Gasteiger charge is 2.41. The molecule has 0 saturated heterocycles. The van der Waals surface area contributed by atoms with Crippen LogP contribution >= 0.6 is 0 Å². The normalized spacial score (nSPS) is 13.8. The second-order valence-corrected chi connectivity index (χ2v) is 7.08. The highest BCUT2D eigenvalue weighted by Crippen LogP contribution is 2.20. The molecule has 18 heavy (non-hydrogen) atoms. The van der Waals surface area contributed by atoms with Crippen molar-refractivity contribution in [2.24, 2.45) is 5.73 Å². The maximum Gasteiger partial charge on any atom is 0.502 e. The van der Waals surface area contributed by atoms with Gasteiger partial charge in [-0.15, -0.1) is 0 Å². The molecule has 0 fully saturated rings. The molecular formula is C13H31NO3Si. The molecule has 0 rings (SSSR count). The molecule has 0 aliphatic carbocycles. The van der Waals surface area contributed by atoms with Crippen LogP contribution in [0.4, 0.5) is 0 Å². The lowest BCUT2D eigenvalue weighted by Crippen LogP contribution is -2.50. The fourth-order valence-corrected chi connectivity index (χ4v) is 4.81. The molecule has 0 spiro atoms. The van der Waals surface area contributed by atoms with Gasteiger partial charge in [0.1, 0.15) is 0 Å². The van der Waals surface area contributed by atoms with Crippen LogP contribution in [0.15, 0.2) is 0 Å². The van der Waals surface area contributed by atoms with Gasteiger partial charge in [-0.3, -0.25) is 0 Å². The van der Waals surface area contributed by atoms with Crippen molar-refractivity contribution in [2.75, 3.05) is 19.8 Å². The number of hydrogen-bond acceptors (Lipinski definition) is 4. The molecule has 0 aromatic carbocycles. The molecule has 0 aliphatic rings. The molecule has 2 N–H and O–H groups in total. The van der Waals surface area contributed by atoms with E-state index in [0.717, 1.165) is 12.5 Å². The van der Waals surface area contributed by atoms with E-state index in [2.05, 4.69) is 6.92 Å². The van der Waals surface area contributed by atoms with E-state index in [-0.39, 0.29) is 6.04 Å². The molecule has 5 heteroatoms. The average Bonchev–Trinajstić information content (AvgIpc) is 2.30. The Hall–Kier alpha value is 0.0569. The van der Waals surface area contributed by atoms with Gasteiger partial charge in [-0.05, 0) is 27.2 Å². The van der Waals surface area contributed by atoms with Gasteiger partial charge < -0.3 is 19.0 Å². The van der Waals surface area contributed by atoms with Crippen molar-refractivity contribution in [3.63, 3.8) is 0 Å². The van der Waals surface area contributed by atoms with Crippen LogP contribution in [0.3, 0.4) is 0 Å². The smallest absolute Gasteiger partial charge is 0.374 e. The summed E-state index contributed by atoms with van der Waals surface area (Å²) >= 11 is 0. The molecule has 1 unspecified atom stereocenters. The van der Waals surface area contributed by atoms with Crippen molar-refractivity contribution in [1.29, 1.82) is 0 Å². The minimum Gasteiger partial charge on any atom is -0.374 e. The first-order chi connectivity index (χ1) is 8.64. The summed E-state index contributed by atoms with van der Waals surface area (Å²) in [4.78, 5) is 0. The van der Waals surface area contributed by atoms with Gasteiger partial charge in [-0.25, -0.2) is 0 Å². The van der Waals surface area contributed by atoms with Crippen LogP contribution in [-0.2, 0) is 13.3 Å². The lowest BCUT2D eigenvalue weighted by Gasteiger charge is -2.30. The van der Waals surface area contributed by atoms with E-state index >= 15 is 0 Å². The monoisotopic (exact) mass is 277 g/mol. The standard InChI is InChI=1S/C13H31NO3Si/c1-5-9-10-11-13(14)12-18(15-6-2,16-7-3)17-8-4/h13H,5-12,14H2,1-4H3. The minimum absolute atomic E-state index is 0.118. The number of rotatable bonds is 12. The van der Waals surface area contributed by atoms with Gasteiger partial charge in [0, 0.05) is 31.9 Å². The van der Waals surface area contributed by atoms with Crippen molar-refractivity contribution in [2.45, 2.75) is 65.5 Å². The van der Waals surface area contributed by atoms with E-state index in [9.17, 15) is 0 Å². The van der Waals surface area contributed by atoms with Gasteiger partial charge in [0.15, 0.2) is 0 Å². The van der Waals surface area contributed by atoms with Crippen molar-refractivity contribution < 1.29 is 13.3 Å². The predicted octanol–water partition coefficient (Wildman–Crippen LogP) is 2.94. The fourth-order valence-electron chi connectivity index (χ4n) is 2.04. The van der Waals surface area contributed by atoms with Crippen molar-refractivity contribution >= 4 is 8.80 Å². The summed E-state index contributed by atoms with van der Waals surface area (Å²) < 4.78 is 17.4. The third-order valence-electron chi connectivity index (χ3n) is 2.78. The Morgan fingerprint density at radius 1 is 0.889 bits per heavy atom. The number of unbranched alkanes of at least 4 members (excludes halogenated alkanes) is 2. The molecule has 0 heterocycles. The van der Waals surface area contributed by atoms with E-state index in [0.29, 0.717) is 19.8 Å². The summed E-state index contributed by atoms with van der Waals surface area (Å²) in [5, 5.41) is 0. The van der Waals surface area contributed by atoms with Crippen molar-refractivity contribution in [1.82, 2.24) is 0 Å². The van der Waals surface area contributed by atoms with E-state index in [1.165, 1.54) is 19.3 Å². The maximum atomic E-state index is 6.19. The zero-order chi connectivity index (χ0) is 13.9. The van der Waals surface area contributed by atoms with Crippen molar-refractivity contribution in [3.8, 4) is 0 Å². The molecule has 0 aromatic heterocycles. The molecule has 1 atom stereocenters. The number of nitrogens with two attached hydrogens (primary N) is 1. The highest BCUT2D eigenvalue weighted by molar-refractivity contribution is 6.60. The van der Waals surface area contributed by atoms with Gasteiger partial charge >= 0.3 is 8.80 Å². The molecule has 0 aromatic rings. The van der Waals surface area contributed by atoms with Crippen LogP contribution in [0, 0.1) is 0 Å². The first-order valence-electron chi connectivity index (χ1n) is 7.31. The molecule has 110 valence electrons. The Kier molecular flexibility index (Phi) is 11.0. The van der Waals surface area contributed by atoms with Gasteiger partial charge in [-0.2, -0.15) is 0 Å². The predicted molar refractivity (Wildman–Crippen MR) is 77.6 cm³/mol. The molecule has 0 bridgehead atoms. The molecule has 0 aliphatic heterocycles. The van der Waals surface area contributed by atoms with Crippen LogP contribution in [0.5, 0.6) is 0 Å². The minimum atomic E-state index is -2.54. The van der Waals surface area contributed by atoms with Crippen LogP contribution in [0.2, 0.25) is 6.04 Å². The highest BCUT2D eigenvalue weighted by atomic mass is 28.4. The van der Waals surface area contributed by atoms with Gasteiger partial charge in [0.25, 0.3) is 0 Å². The van der Waals surface area contributed by atoms with Crippen molar-refractivity contribution in [3.05, 3.63) is 0 Å². The van der Waals surface area contributed by atoms with Crippen LogP contribution in [0.25, 0.3) is 0 Å². The Morgan fingerprint density at radius 2 is 1.39 bits per heavy atom.